The molecule has 8 aromatic heterocycles. The van der Waals surface area contributed by atoms with Gasteiger partial charge in [0.2, 0.25) is 5.91 Å². The Hall–Kier alpha value is -11.9. The highest BCUT2D eigenvalue weighted by Crippen LogP contribution is 2.39. The first-order chi connectivity index (χ1) is 63.6. The number of piperidine rings is 1. The van der Waals surface area contributed by atoms with Gasteiger partial charge in [-0.05, 0) is 189 Å². The van der Waals surface area contributed by atoms with Crippen molar-refractivity contribution in [2.45, 2.75) is 65.7 Å². The number of ether oxygens (including phenoxy) is 4. The van der Waals surface area contributed by atoms with Gasteiger partial charge in [0.25, 0.3) is 5.91 Å². The summed E-state index contributed by atoms with van der Waals surface area (Å²) in [4.78, 5) is 83.1. The molecule has 21 rings (SSSR count). The van der Waals surface area contributed by atoms with Crippen LogP contribution in [0.25, 0.3) is 89.9 Å². The molecule has 26 heteroatoms. The fourth-order valence-corrected chi connectivity index (χ4v) is 18.9. The molecular formula is C104H102Cl4N14O8. The number of carbonyl (C=O) groups is 4. The molecule has 7 aromatic carbocycles. The highest BCUT2D eigenvalue weighted by atomic mass is 35.5. The van der Waals surface area contributed by atoms with Crippen LogP contribution >= 0.6 is 46.4 Å². The molecule has 0 N–H and O–H groups in total. The Bertz CT molecular complexity index is 6460. The molecule has 14 heterocycles. The molecule has 0 spiro atoms. The van der Waals surface area contributed by atoms with Gasteiger partial charge in [0, 0.05) is 164 Å². The summed E-state index contributed by atoms with van der Waals surface area (Å²) in [6, 6.07) is 77.9. The predicted molar refractivity (Wildman–Crippen MR) is 512 cm³/mol. The average Bonchev–Trinajstić information content (AvgIpc) is 1.63. The van der Waals surface area contributed by atoms with E-state index in [4.69, 9.17) is 85.3 Å². The lowest BCUT2D eigenvalue weighted by molar-refractivity contribution is -0.149. The van der Waals surface area contributed by atoms with Gasteiger partial charge in [0.05, 0.1) is 102 Å². The van der Waals surface area contributed by atoms with E-state index in [0.717, 1.165) is 256 Å². The molecule has 0 radical (unpaired) electrons. The van der Waals surface area contributed by atoms with Crippen molar-refractivity contribution in [3.05, 3.63) is 315 Å². The van der Waals surface area contributed by atoms with Crippen LogP contribution in [0.1, 0.15) is 83.0 Å². The maximum absolute atomic E-state index is 13.0. The van der Waals surface area contributed by atoms with Crippen molar-refractivity contribution in [3.63, 3.8) is 0 Å². The molecule has 6 saturated heterocycles. The molecule has 130 heavy (non-hydrogen) atoms. The third kappa shape index (κ3) is 20.5. The summed E-state index contributed by atoms with van der Waals surface area (Å²) in [5.41, 5.74) is 22.9. The molecule has 0 saturated carbocycles. The molecular weight excluding hydrogens is 1720 g/mol. The fraction of sp³-hybridized carbons (Fsp3) is 0.288. The summed E-state index contributed by atoms with van der Waals surface area (Å²) >= 11 is 24.5. The Balaban J connectivity index is 0.000000118. The number of hydrogen-bond donors (Lipinski definition) is 0. The number of likely N-dealkylation sites (tertiary alicyclic amines) is 3. The Kier molecular flexibility index (Phi) is 28.0. The van der Waals surface area contributed by atoms with Gasteiger partial charge in [-0.3, -0.25) is 38.4 Å². The van der Waals surface area contributed by atoms with Crippen LogP contribution in [0.2, 0.25) is 20.1 Å². The number of imidazole rings is 4. The number of esters is 2. The highest BCUT2D eigenvalue weighted by Gasteiger charge is 2.42. The second kappa shape index (κ2) is 41.0. The molecule has 6 fully saturated rings. The van der Waals surface area contributed by atoms with Gasteiger partial charge in [0.15, 0.2) is 0 Å². The Morgan fingerprint density at radius 1 is 0.369 bits per heavy atom. The topological polar surface area (TPSA) is 194 Å². The van der Waals surface area contributed by atoms with E-state index in [9.17, 15) is 19.2 Å². The summed E-state index contributed by atoms with van der Waals surface area (Å²) in [6.45, 7) is 20.1. The Labute approximate surface area is 776 Å². The van der Waals surface area contributed by atoms with E-state index < -0.39 is 0 Å². The number of anilines is 1. The standard InChI is InChI=1S/C33H29ClN4O.C28H28ClN3O2.C22H23ClN4O2.C21H22ClN3O3/c34-29-14-11-24(12-15-29)32-30(38-21-26(13-16-31(38)35-32)23-7-3-1-4-8-23)22-36-17-27-19-37(20-28(27)18-36)33(39)25-9-5-2-6-10-25;1-2-34-28(33)22-14-16-31(17-15-22)19-25-27(21-8-11-24(29)12-9-21)30-26-13-10-23(18-32(25)26)20-6-4-3-5-7-20;23-17-5-3-16(4-6-17)22-19(15-25-10-12-29-13-11-25)27-14-18(7-8-20(27)24-22)26-9-1-2-21(26)28;1-2-28-21(26)16-5-8-19-23-20(15-3-6-17(22)7-4-15)18(25(19)13-16)14-24-9-11-27-12-10-24/h1-16,21,27-28H,17-20,22H2;3-13,18,22H,2,14-17,19H2,1H3;3-8,14H,1-2,9-13,15H2;3-8,13H,2,9-12,14H2,1H3. The largest absolute Gasteiger partial charge is 0.466 e. The molecule has 22 nitrogen and oxygen atoms in total. The number of morpholine rings is 2. The van der Waals surface area contributed by atoms with Gasteiger partial charge >= 0.3 is 11.9 Å². The predicted octanol–water partition coefficient (Wildman–Crippen LogP) is 19.9. The minimum atomic E-state index is -0.330. The van der Waals surface area contributed by atoms with E-state index in [0.29, 0.717) is 52.1 Å². The van der Waals surface area contributed by atoms with Crippen LogP contribution in [0, 0.1) is 17.8 Å². The number of carbonyl (C=O) groups excluding carboxylic acids is 4. The van der Waals surface area contributed by atoms with Crippen molar-refractivity contribution in [1.82, 2.24) is 62.0 Å². The van der Waals surface area contributed by atoms with E-state index in [2.05, 4.69) is 136 Å². The fourth-order valence-electron chi connectivity index (χ4n) is 18.4. The number of nitrogens with zero attached hydrogens (tertiary/aromatic N) is 14. The first-order valence-corrected chi connectivity index (χ1v) is 46.3. The molecule has 2 atom stereocenters. The van der Waals surface area contributed by atoms with Gasteiger partial charge in [-0.1, -0.05) is 174 Å². The molecule has 6 aliphatic heterocycles. The minimum absolute atomic E-state index is 0.00111. The van der Waals surface area contributed by atoms with Crippen LogP contribution in [0.5, 0.6) is 0 Å². The Morgan fingerprint density at radius 3 is 1.15 bits per heavy atom. The third-order valence-corrected chi connectivity index (χ3v) is 26.2. The number of amides is 2. The zero-order valence-electron chi connectivity index (χ0n) is 72.8. The first kappa shape index (κ1) is 88.7. The molecule has 15 aromatic rings. The summed E-state index contributed by atoms with van der Waals surface area (Å²) in [5.74, 6) is 0.939. The maximum atomic E-state index is 13.0. The van der Waals surface area contributed by atoms with E-state index >= 15 is 0 Å². The second-order valence-electron chi connectivity index (χ2n) is 33.7. The maximum Gasteiger partial charge on any atom is 0.339 e. The third-order valence-electron chi connectivity index (χ3n) is 25.2. The summed E-state index contributed by atoms with van der Waals surface area (Å²) < 4.78 is 30.0. The number of hydrogen-bond acceptors (Lipinski definition) is 16. The number of fused-ring (bicyclic) bond motifs is 5. The van der Waals surface area contributed by atoms with Crippen molar-refractivity contribution in [1.29, 1.82) is 0 Å². The van der Waals surface area contributed by atoms with Crippen LogP contribution in [-0.2, 0) is 54.7 Å². The van der Waals surface area contributed by atoms with Crippen LogP contribution in [0.3, 0.4) is 0 Å². The molecule has 664 valence electrons. The van der Waals surface area contributed by atoms with Gasteiger partial charge in [-0.25, -0.2) is 24.7 Å². The average molecular weight is 1820 g/mol. The lowest BCUT2D eigenvalue weighted by Gasteiger charge is -2.30. The summed E-state index contributed by atoms with van der Waals surface area (Å²) in [7, 11) is 0. The van der Waals surface area contributed by atoms with Crippen molar-refractivity contribution in [2.24, 2.45) is 17.8 Å². The normalized spacial score (nSPS) is 16.9. The van der Waals surface area contributed by atoms with Crippen LogP contribution in [-0.4, -0.2) is 197 Å². The number of pyridine rings is 4. The van der Waals surface area contributed by atoms with Crippen molar-refractivity contribution in [2.75, 3.05) is 117 Å². The molecule has 2 amide bonds. The summed E-state index contributed by atoms with van der Waals surface area (Å²) in [6.07, 6.45) is 11.4. The van der Waals surface area contributed by atoms with Gasteiger partial charge in [-0.2, -0.15) is 0 Å². The molecule has 2 unspecified atom stereocenters. The molecule has 6 aliphatic rings. The van der Waals surface area contributed by atoms with Crippen molar-refractivity contribution in [3.8, 4) is 67.3 Å². The van der Waals surface area contributed by atoms with Crippen LogP contribution in [0.4, 0.5) is 5.69 Å². The monoisotopic (exact) mass is 1810 g/mol. The van der Waals surface area contributed by atoms with Gasteiger partial charge in [-0.15, -0.1) is 0 Å². The van der Waals surface area contributed by atoms with Gasteiger partial charge in [0.1, 0.15) is 22.6 Å². The molecule has 0 bridgehead atoms. The minimum Gasteiger partial charge on any atom is -0.466 e. The lowest BCUT2D eigenvalue weighted by Crippen LogP contribution is -2.36. The van der Waals surface area contributed by atoms with E-state index in [-0.39, 0.29) is 29.7 Å². The SMILES string of the molecule is CCOC(=O)C1CCN(Cc2c(-c3ccc(Cl)cc3)nc3ccc(-c4ccccc4)cn23)CC1.CCOC(=O)c1ccc2nc(-c3ccc(Cl)cc3)c(CN3CCOCC3)n2c1.O=C(c1ccccc1)N1CC2CN(Cc3c(-c4ccc(Cl)cc4)nc4ccc(-c5ccccc5)cn34)CC2C1.O=C1CCCN1c1ccc2nc(-c3ccc(Cl)cc3)c(CN3CCOCC3)n2c1. The smallest absolute Gasteiger partial charge is 0.339 e. The highest BCUT2D eigenvalue weighted by molar-refractivity contribution is 6.31. The van der Waals surface area contributed by atoms with E-state index in [1.54, 1.807) is 13.0 Å². The lowest BCUT2D eigenvalue weighted by atomic mass is 9.96. The van der Waals surface area contributed by atoms with Crippen LogP contribution < -0.4 is 4.90 Å². The van der Waals surface area contributed by atoms with E-state index in [1.807, 2.05) is 173 Å². The Morgan fingerprint density at radius 2 is 0.738 bits per heavy atom. The number of halogens is 4. The first-order valence-electron chi connectivity index (χ1n) is 44.8. The molecule has 0 aliphatic carbocycles. The van der Waals surface area contributed by atoms with Crippen molar-refractivity contribution < 1.29 is 38.1 Å². The second-order valence-corrected chi connectivity index (χ2v) is 35.4. The van der Waals surface area contributed by atoms with Gasteiger partial charge < -0.3 is 41.9 Å². The number of aromatic nitrogens is 8. The van der Waals surface area contributed by atoms with E-state index in [1.165, 1.54) is 16.8 Å². The summed E-state index contributed by atoms with van der Waals surface area (Å²) in [5, 5.41) is 2.83. The number of benzene rings is 7. The number of rotatable bonds is 20. The van der Waals surface area contributed by atoms with Crippen molar-refractivity contribution >= 4 is 98.4 Å². The zero-order chi connectivity index (χ0) is 89.1. The zero-order valence-corrected chi connectivity index (χ0v) is 75.8. The quantitative estimate of drug-likeness (QED) is 0.0653. The van der Waals surface area contributed by atoms with Crippen LogP contribution in [0.15, 0.2) is 261 Å².